The van der Waals surface area contributed by atoms with Crippen LogP contribution >= 0.6 is 0 Å². The normalized spacial score (nSPS) is 15.4. The predicted octanol–water partition coefficient (Wildman–Crippen LogP) is 3.39. The molecule has 0 radical (unpaired) electrons. The first-order valence-corrected chi connectivity index (χ1v) is 6.82. The minimum Gasteiger partial charge on any atom is -0.488 e. The zero-order chi connectivity index (χ0) is 14.4. The number of hydrogen-bond acceptors (Lipinski definition) is 3. The van der Waals surface area contributed by atoms with Crippen molar-refractivity contribution in [2.75, 3.05) is 5.32 Å². The fourth-order valence-corrected chi connectivity index (χ4v) is 2.33. The Balaban J connectivity index is 2.10. The molecule has 0 unspecified atom stereocenters. The third kappa shape index (κ3) is 3.95. The first-order valence-electron chi connectivity index (χ1n) is 6.82. The minimum absolute atomic E-state index is 0.112. The van der Waals surface area contributed by atoms with Crippen LogP contribution in [-0.2, 0) is 4.79 Å². The van der Waals surface area contributed by atoms with E-state index in [9.17, 15) is 9.18 Å². The van der Waals surface area contributed by atoms with Gasteiger partial charge < -0.3 is 10.1 Å². The summed E-state index contributed by atoms with van der Waals surface area (Å²) in [5.41, 5.74) is 0.288. The lowest BCUT2D eigenvalue weighted by molar-refractivity contribution is -0.115. The lowest BCUT2D eigenvalue weighted by Crippen LogP contribution is -2.21. The number of amides is 1. The van der Waals surface area contributed by atoms with Crippen LogP contribution in [0.4, 0.5) is 10.1 Å². The number of nitrogens with one attached hydrogen (secondary N) is 1. The summed E-state index contributed by atoms with van der Waals surface area (Å²) in [7, 11) is 0. The highest BCUT2D eigenvalue weighted by Crippen LogP contribution is 2.30. The molecule has 0 atom stereocenters. The Morgan fingerprint density at radius 1 is 1.40 bits per heavy atom. The molecule has 5 heteroatoms. The van der Waals surface area contributed by atoms with Gasteiger partial charge in [0.2, 0.25) is 5.91 Å². The third-order valence-corrected chi connectivity index (χ3v) is 3.30. The van der Waals surface area contributed by atoms with Crippen LogP contribution in [0.15, 0.2) is 18.2 Å². The van der Waals surface area contributed by atoms with Gasteiger partial charge in [-0.15, -0.1) is 0 Å². The topological polar surface area (TPSA) is 62.1 Å². The van der Waals surface area contributed by atoms with Gasteiger partial charge >= 0.3 is 0 Å². The van der Waals surface area contributed by atoms with E-state index in [1.54, 1.807) is 6.07 Å². The van der Waals surface area contributed by atoms with Crippen molar-refractivity contribution in [3.05, 3.63) is 24.0 Å². The van der Waals surface area contributed by atoms with Crippen molar-refractivity contribution in [1.29, 1.82) is 5.26 Å². The van der Waals surface area contributed by atoms with Gasteiger partial charge in [0.25, 0.3) is 0 Å². The van der Waals surface area contributed by atoms with Crippen molar-refractivity contribution in [2.45, 2.75) is 44.6 Å². The number of ether oxygens (including phenoxy) is 1. The van der Waals surface area contributed by atoms with Crippen LogP contribution in [0, 0.1) is 17.1 Å². The number of carbonyl (C=O) groups is 1. The van der Waals surface area contributed by atoms with Gasteiger partial charge in [-0.1, -0.05) is 6.42 Å². The number of nitriles is 1. The van der Waals surface area contributed by atoms with Crippen LogP contribution in [0.25, 0.3) is 0 Å². The number of benzene rings is 1. The molecule has 20 heavy (non-hydrogen) atoms. The highest BCUT2D eigenvalue weighted by atomic mass is 19.1. The number of carbonyl (C=O) groups excluding carboxylic acids is 1. The Kier molecular flexibility index (Phi) is 4.94. The number of hydrogen-bond donors (Lipinski definition) is 1. The molecule has 1 aliphatic rings. The highest BCUT2D eigenvalue weighted by molar-refractivity contribution is 5.93. The second-order valence-electron chi connectivity index (χ2n) is 4.90. The van der Waals surface area contributed by atoms with E-state index in [1.165, 1.54) is 24.6 Å². The van der Waals surface area contributed by atoms with Crippen molar-refractivity contribution in [1.82, 2.24) is 0 Å². The zero-order valence-corrected chi connectivity index (χ0v) is 11.2. The molecule has 0 heterocycles. The number of rotatable bonds is 4. The van der Waals surface area contributed by atoms with E-state index >= 15 is 0 Å². The Morgan fingerprint density at radius 3 is 2.85 bits per heavy atom. The van der Waals surface area contributed by atoms with Crippen molar-refractivity contribution < 1.29 is 13.9 Å². The Morgan fingerprint density at radius 2 is 2.15 bits per heavy atom. The molecule has 2 rings (SSSR count). The molecule has 0 spiro atoms. The largest absolute Gasteiger partial charge is 0.488 e. The average Bonchev–Trinajstić information content (AvgIpc) is 2.43. The maximum Gasteiger partial charge on any atom is 0.238 e. The van der Waals surface area contributed by atoms with Crippen molar-refractivity contribution >= 4 is 11.6 Å². The van der Waals surface area contributed by atoms with Crippen molar-refractivity contribution in [3.63, 3.8) is 0 Å². The first kappa shape index (κ1) is 14.3. The maximum atomic E-state index is 13.3. The molecule has 1 saturated carbocycles. The third-order valence-electron chi connectivity index (χ3n) is 3.30. The standard InChI is InChI=1S/C15H17FN2O2/c16-11-6-7-14(20-12-4-2-1-3-5-12)13(10-11)18-15(19)8-9-17/h6-7,10,12H,1-5,8H2,(H,18,19). The first-order chi connectivity index (χ1) is 9.69. The van der Waals surface area contributed by atoms with Gasteiger partial charge in [-0.3, -0.25) is 4.79 Å². The van der Waals surface area contributed by atoms with Gasteiger partial charge in [-0.25, -0.2) is 4.39 Å². The summed E-state index contributed by atoms with van der Waals surface area (Å²) >= 11 is 0. The Bertz CT molecular complexity index is 519. The molecule has 1 fully saturated rings. The molecule has 1 aliphatic carbocycles. The van der Waals surface area contributed by atoms with Crippen molar-refractivity contribution in [3.8, 4) is 11.8 Å². The molecule has 1 N–H and O–H groups in total. The van der Waals surface area contributed by atoms with Gasteiger partial charge in [0.15, 0.2) is 0 Å². The molecular formula is C15H17FN2O2. The molecule has 0 saturated heterocycles. The average molecular weight is 276 g/mol. The van der Waals surface area contributed by atoms with Gasteiger partial charge in [0.1, 0.15) is 18.0 Å². The molecule has 1 aromatic carbocycles. The molecular weight excluding hydrogens is 259 g/mol. The molecule has 106 valence electrons. The summed E-state index contributed by atoms with van der Waals surface area (Å²) in [6, 6.07) is 5.80. The maximum absolute atomic E-state index is 13.3. The van der Waals surface area contributed by atoms with E-state index in [1.807, 2.05) is 0 Å². The van der Waals surface area contributed by atoms with Gasteiger partial charge in [-0.05, 0) is 37.8 Å². The van der Waals surface area contributed by atoms with Gasteiger partial charge in [0, 0.05) is 6.07 Å². The zero-order valence-electron chi connectivity index (χ0n) is 11.2. The van der Waals surface area contributed by atoms with Gasteiger partial charge in [-0.2, -0.15) is 5.26 Å². The summed E-state index contributed by atoms with van der Waals surface area (Å²) in [5, 5.41) is 11.0. The smallest absolute Gasteiger partial charge is 0.238 e. The van der Waals surface area contributed by atoms with Crippen LogP contribution in [0.5, 0.6) is 5.75 Å². The number of anilines is 1. The van der Waals surface area contributed by atoms with E-state index in [0.29, 0.717) is 5.75 Å². The lowest BCUT2D eigenvalue weighted by Gasteiger charge is -2.24. The van der Waals surface area contributed by atoms with Crippen molar-refractivity contribution in [2.24, 2.45) is 0 Å². The lowest BCUT2D eigenvalue weighted by atomic mass is 9.98. The summed E-state index contributed by atoms with van der Waals surface area (Å²) in [5.74, 6) is -0.454. The van der Waals surface area contributed by atoms with Crippen LogP contribution in [-0.4, -0.2) is 12.0 Å². The van der Waals surface area contributed by atoms with E-state index < -0.39 is 11.7 Å². The quantitative estimate of drug-likeness (QED) is 0.916. The van der Waals surface area contributed by atoms with Crippen LogP contribution in [0.2, 0.25) is 0 Å². The Labute approximate surface area is 117 Å². The summed E-state index contributed by atoms with van der Waals surface area (Å²) < 4.78 is 19.1. The summed E-state index contributed by atoms with van der Waals surface area (Å²) in [4.78, 5) is 11.5. The van der Waals surface area contributed by atoms with Crippen LogP contribution < -0.4 is 10.1 Å². The number of nitrogens with zero attached hydrogens (tertiary/aromatic N) is 1. The molecule has 1 aromatic rings. The fourth-order valence-electron chi connectivity index (χ4n) is 2.33. The molecule has 0 aromatic heterocycles. The summed E-state index contributed by atoms with van der Waals surface area (Å²) in [6.45, 7) is 0. The van der Waals surface area contributed by atoms with E-state index in [2.05, 4.69) is 5.32 Å². The fraction of sp³-hybridized carbons (Fsp3) is 0.467. The molecule has 0 bridgehead atoms. The van der Waals surface area contributed by atoms with E-state index in [4.69, 9.17) is 10.00 Å². The summed E-state index contributed by atoms with van der Waals surface area (Å²) in [6.07, 6.45) is 5.27. The Hall–Kier alpha value is -2.09. The SMILES string of the molecule is N#CCC(=O)Nc1cc(F)ccc1OC1CCCCC1. The van der Waals surface area contributed by atoms with E-state index in [0.717, 1.165) is 25.7 Å². The van der Waals surface area contributed by atoms with Crippen LogP contribution in [0.3, 0.4) is 0 Å². The minimum atomic E-state index is -0.466. The predicted molar refractivity (Wildman–Crippen MR) is 72.8 cm³/mol. The van der Waals surface area contributed by atoms with Gasteiger partial charge in [0.05, 0.1) is 17.9 Å². The molecule has 4 nitrogen and oxygen atoms in total. The number of halogens is 1. The molecule has 0 aliphatic heterocycles. The second kappa shape index (κ2) is 6.90. The molecule has 1 amide bonds. The van der Waals surface area contributed by atoms with Crippen LogP contribution in [0.1, 0.15) is 38.5 Å². The van der Waals surface area contributed by atoms with E-state index in [-0.39, 0.29) is 18.2 Å². The highest BCUT2D eigenvalue weighted by Gasteiger charge is 2.17. The second-order valence-corrected chi connectivity index (χ2v) is 4.90. The monoisotopic (exact) mass is 276 g/mol.